The van der Waals surface area contributed by atoms with Crippen LogP contribution in [0.25, 0.3) is 11.1 Å². The Morgan fingerprint density at radius 2 is 1.39 bits per heavy atom. The third-order valence-corrected chi connectivity index (χ3v) is 2.43. The monoisotopic (exact) mass is 254 g/mol. The fourth-order valence-corrected chi connectivity index (χ4v) is 1.54. The SMILES string of the molecule is Oc1ccc(O)c(-c2cc(O)c(F)c(O)c2F)c1. The summed E-state index contributed by atoms with van der Waals surface area (Å²) in [6.45, 7) is 0. The average molecular weight is 254 g/mol. The number of rotatable bonds is 1. The zero-order chi connectivity index (χ0) is 13.4. The Balaban J connectivity index is 2.75. The largest absolute Gasteiger partial charge is 0.508 e. The van der Waals surface area contributed by atoms with Crippen molar-refractivity contribution in [2.24, 2.45) is 0 Å². The van der Waals surface area contributed by atoms with Crippen LogP contribution in [0.15, 0.2) is 24.3 Å². The molecule has 0 unspecified atom stereocenters. The van der Waals surface area contributed by atoms with Crippen LogP contribution in [0, 0.1) is 11.6 Å². The molecule has 0 aliphatic heterocycles. The fraction of sp³-hybridized carbons (Fsp3) is 0. The van der Waals surface area contributed by atoms with Gasteiger partial charge in [-0.05, 0) is 24.3 Å². The Morgan fingerprint density at radius 3 is 2.06 bits per heavy atom. The molecule has 0 saturated carbocycles. The van der Waals surface area contributed by atoms with E-state index in [2.05, 4.69) is 0 Å². The normalized spacial score (nSPS) is 10.6. The van der Waals surface area contributed by atoms with E-state index in [9.17, 15) is 24.1 Å². The Labute approximate surface area is 100.0 Å². The Bertz CT molecular complexity index is 626. The van der Waals surface area contributed by atoms with Crippen molar-refractivity contribution in [1.29, 1.82) is 0 Å². The predicted molar refractivity (Wildman–Crippen MR) is 58.5 cm³/mol. The maximum atomic E-state index is 13.6. The van der Waals surface area contributed by atoms with Crippen molar-refractivity contribution in [3.63, 3.8) is 0 Å². The molecule has 0 saturated heterocycles. The first-order valence-corrected chi connectivity index (χ1v) is 4.84. The summed E-state index contributed by atoms with van der Waals surface area (Å²) in [7, 11) is 0. The lowest BCUT2D eigenvalue weighted by Gasteiger charge is -2.09. The molecule has 2 aromatic carbocycles. The molecule has 0 radical (unpaired) electrons. The van der Waals surface area contributed by atoms with Crippen LogP contribution in [-0.2, 0) is 0 Å². The standard InChI is InChI=1S/C12H8F2O4/c13-10-7(4-9(17)11(14)12(10)18)6-3-5(15)1-2-8(6)16/h1-4,15-18H. The van der Waals surface area contributed by atoms with Crippen LogP contribution in [-0.4, -0.2) is 20.4 Å². The summed E-state index contributed by atoms with van der Waals surface area (Å²) in [6, 6.07) is 3.99. The van der Waals surface area contributed by atoms with E-state index < -0.39 is 34.4 Å². The molecule has 0 atom stereocenters. The van der Waals surface area contributed by atoms with E-state index >= 15 is 0 Å². The molecule has 0 heterocycles. The second-order valence-electron chi connectivity index (χ2n) is 3.62. The van der Waals surface area contributed by atoms with E-state index in [0.29, 0.717) is 6.07 Å². The number of phenols is 4. The third-order valence-electron chi connectivity index (χ3n) is 2.43. The van der Waals surface area contributed by atoms with Crippen LogP contribution < -0.4 is 0 Å². The summed E-state index contributed by atoms with van der Waals surface area (Å²) in [4.78, 5) is 0. The second-order valence-corrected chi connectivity index (χ2v) is 3.62. The smallest absolute Gasteiger partial charge is 0.209 e. The summed E-state index contributed by atoms with van der Waals surface area (Å²) in [5.74, 6) is -5.80. The number of phenolic OH excluding ortho intramolecular Hbond substituents is 4. The van der Waals surface area contributed by atoms with Gasteiger partial charge in [0.2, 0.25) is 5.82 Å². The van der Waals surface area contributed by atoms with Crippen LogP contribution in [0.1, 0.15) is 0 Å². The van der Waals surface area contributed by atoms with Gasteiger partial charge in [-0.2, -0.15) is 4.39 Å². The van der Waals surface area contributed by atoms with Crippen molar-refractivity contribution in [3.8, 4) is 34.1 Å². The van der Waals surface area contributed by atoms with Crippen LogP contribution in [0.4, 0.5) is 8.78 Å². The summed E-state index contributed by atoms with van der Waals surface area (Å²) in [5, 5.41) is 37.1. The summed E-state index contributed by atoms with van der Waals surface area (Å²) >= 11 is 0. The van der Waals surface area contributed by atoms with E-state index in [1.54, 1.807) is 0 Å². The van der Waals surface area contributed by atoms with Gasteiger partial charge in [-0.15, -0.1) is 0 Å². The van der Waals surface area contributed by atoms with E-state index in [1.807, 2.05) is 0 Å². The molecular formula is C12H8F2O4. The highest BCUT2D eigenvalue weighted by atomic mass is 19.1. The molecule has 4 N–H and O–H groups in total. The predicted octanol–water partition coefficient (Wildman–Crippen LogP) is 2.45. The molecule has 18 heavy (non-hydrogen) atoms. The van der Waals surface area contributed by atoms with Gasteiger partial charge in [0.05, 0.1) is 0 Å². The highest BCUT2D eigenvalue weighted by molar-refractivity contribution is 5.74. The summed E-state index contributed by atoms with van der Waals surface area (Å²) < 4.78 is 26.7. The Morgan fingerprint density at radius 1 is 0.722 bits per heavy atom. The molecular weight excluding hydrogens is 246 g/mol. The maximum absolute atomic E-state index is 13.6. The first-order chi connectivity index (χ1) is 8.41. The van der Waals surface area contributed by atoms with Gasteiger partial charge >= 0.3 is 0 Å². The molecule has 0 amide bonds. The van der Waals surface area contributed by atoms with E-state index in [0.717, 1.165) is 12.1 Å². The molecule has 0 fully saturated rings. The zero-order valence-electron chi connectivity index (χ0n) is 8.85. The van der Waals surface area contributed by atoms with Gasteiger partial charge in [-0.25, -0.2) is 4.39 Å². The molecule has 0 aromatic heterocycles. The highest BCUT2D eigenvalue weighted by Crippen LogP contribution is 2.40. The Kier molecular flexibility index (Phi) is 2.70. The molecule has 6 heteroatoms. The second kappa shape index (κ2) is 4.06. The number of hydrogen-bond acceptors (Lipinski definition) is 4. The van der Waals surface area contributed by atoms with Crippen molar-refractivity contribution in [1.82, 2.24) is 0 Å². The van der Waals surface area contributed by atoms with Crippen LogP contribution in [0.5, 0.6) is 23.0 Å². The van der Waals surface area contributed by atoms with E-state index in [1.165, 1.54) is 6.07 Å². The number of hydrogen-bond donors (Lipinski definition) is 4. The van der Waals surface area contributed by atoms with Crippen LogP contribution >= 0.6 is 0 Å². The lowest BCUT2D eigenvalue weighted by Crippen LogP contribution is -1.90. The van der Waals surface area contributed by atoms with Crippen molar-refractivity contribution >= 4 is 0 Å². The van der Waals surface area contributed by atoms with Gasteiger partial charge in [-0.3, -0.25) is 0 Å². The Hall–Kier alpha value is -2.50. The van der Waals surface area contributed by atoms with Gasteiger partial charge < -0.3 is 20.4 Å². The minimum absolute atomic E-state index is 0.182. The highest BCUT2D eigenvalue weighted by Gasteiger charge is 2.20. The number of aromatic hydroxyl groups is 4. The molecule has 4 nitrogen and oxygen atoms in total. The van der Waals surface area contributed by atoms with Crippen molar-refractivity contribution in [2.75, 3.05) is 0 Å². The third kappa shape index (κ3) is 1.77. The van der Waals surface area contributed by atoms with E-state index in [4.69, 9.17) is 5.11 Å². The minimum atomic E-state index is -1.49. The van der Waals surface area contributed by atoms with Gasteiger partial charge in [0.25, 0.3) is 0 Å². The molecule has 0 aliphatic carbocycles. The zero-order valence-corrected chi connectivity index (χ0v) is 8.85. The quantitative estimate of drug-likeness (QED) is 0.589. The summed E-state index contributed by atoms with van der Waals surface area (Å²) in [5.41, 5.74) is -0.613. The van der Waals surface area contributed by atoms with Gasteiger partial charge in [0.15, 0.2) is 17.3 Å². The maximum Gasteiger partial charge on any atom is 0.209 e. The first-order valence-electron chi connectivity index (χ1n) is 4.84. The minimum Gasteiger partial charge on any atom is -0.508 e. The van der Waals surface area contributed by atoms with Crippen molar-refractivity contribution < 1.29 is 29.2 Å². The lowest BCUT2D eigenvalue weighted by molar-refractivity contribution is 0.367. The van der Waals surface area contributed by atoms with Crippen LogP contribution in [0.3, 0.4) is 0 Å². The number of halogens is 2. The van der Waals surface area contributed by atoms with Gasteiger partial charge in [0, 0.05) is 11.1 Å². The average Bonchev–Trinajstić information content (AvgIpc) is 2.34. The molecule has 0 aliphatic rings. The molecule has 2 rings (SSSR count). The lowest BCUT2D eigenvalue weighted by atomic mass is 10.0. The summed E-state index contributed by atoms with van der Waals surface area (Å²) in [6.07, 6.45) is 0. The first kappa shape index (κ1) is 12.0. The molecule has 0 bridgehead atoms. The van der Waals surface area contributed by atoms with E-state index in [-0.39, 0.29) is 11.3 Å². The van der Waals surface area contributed by atoms with Crippen LogP contribution in [0.2, 0.25) is 0 Å². The fourth-order valence-electron chi connectivity index (χ4n) is 1.54. The van der Waals surface area contributed by atoms with Gasteiger partial charge in [0.1, 0.15) is 11.5 Å². The topological polar surface area (TPSA) is 80.9 Å². The molecule has 0 spiro atoms. The molecule has 2 aromatic rings. The molecule has 94 valence electrons. The van der Waals surface area contributed by atoms with Gasteiger partial charge in [-0.1, -0.05) is 0 Å². The number of benzene rings is 2. The van der Waals surface area contributed by atoms with Crippen molar-refractivity contribution in [3.05, 3.63) is 35.9 Å². The van der Waals surface area contributed by atoms with Crippen molar-refractivity contribution in [2.45, 2.75) is 0 Å².